The number of nitrogens with one attached hydrogen (secondary N) is 1. The van der Waals surface area contributed by atoms with Crippen LogP contribution in [0.1, 0.15) is 33.5 Å². The average molecular weight is 384 g/mol. The second kappa shape index (κ2) is 7.13. The summed E-state index contributed by atoms with van der Waals surface area (Å²) in [5.41, 5.74) is 1.52. The van der Waals surface area contributed by atoms with Crippen LogP contribution >= 0.6 is 34.5 Å². The number of ether oxygens (including phenoxy) is 1. The summed E-state index contributed by atoms with van der Waals surface area (Å²) >= 11 is 13.5. The van der Waals surface area contributed by atoms with E-state index < -0.39 is 18.0 Å². The third-order valence-electron chi connectivity index (χ3n) is 3.81. The van der Waals surface area contributed by atoms with Crippen LogP contribution < -0.4 is 5.32 Å². The van der Waals surface area contributed by atoms with Gasteiger partial charge in [-0.1, -0.05) is 29.3 Å². The largest absolute Gasteiger partial charge is 0.448 e. The molecule has 7 heteroatoms. The lowest BCUT2D eigenvalue weighted by Gasteiger charge is -2.14. The molecule has 1 aromatic heterocycles. The van der Waals surface area contributed by atoms with Crippen molar-refractivity contribution in [3.8, 4) is 0 Å². The molecule has 0 bridgehead atoms. The van der Waals surface area contributed by atoms with E-state index in [4.69, 9.17) is 27.9 Å². The van der Waals surface area contributed by atoms with E-state index in [9.17, 15) is 9.59 Å². The smallest absolute Gasteiger partial charge is 0.349 e. The summed E-state index contributed by atoms with van der Waals surface area (Å²) in [5, 5.41) is 3.24. The Labute approximate surface area is 153 Å². The summed E-state index contributed by atoms with van der Waals surface area (Å²) < 4.78 is 5.26. The van der Waals surface area contributed by atoms with Crippen molar-refractivity contribution in [1.29, 1.82) is 0 Å². The fourth-order valence-corrected chi connectivity index (χ4v) is 4.17. The van der Waals surface area contributed by atoms with Gasteiger partial charge in [-0.2, -0.15) is 0 Å². The predicted octanol–water partition coefficient (Wildman–Crippen LogP) is 4.73. The summed E-state index contributed by atoms with van der Waals surface area (Å²) in [4.78, 5) is 26.2. The summed E-state index contributed by atoms with van der Waals surface area (Å²) in [7, 11) is 0. The number of esters is 1. The molecule has 1 amide bonds. The Morgan fingerprint density at radius 1 is 1.25 bits per heavy atom. The Hall–Kier alpha value is -1.56. The summed E-state index contributed by atoms with van der Waals surface area (Å²) in [5.74, 6) is -0.968. The van der Waals surface area contributed by atoms with Gasteiger partial charge in [0, 0.05) is 4.88 Å². The molecule has 1 N–H and O–H groups in total. The fraction of sp³-hybridized carbons (Fsp3) is 0.294. The Balaban J connectivity index is 1.64. The average Bonchev–Trinajstić information content (AvgIpc) is 3.12. The first-order valence-corrected chi connectivity index (χ1v) is 9.10. The summed E-state index contributed by atoms with van der Waals surface area (Å²) in [6.07, 6.45) is 2.18. The normalized spacial score (nSPS) is 14.1. The van der Waals surface area contributed by atoms with Crippen LogP contribution in [0, 0.1) is 0 Å². The van der Waals surface area contributed by atoms with Crippen LogP contribution in [0.3, 0.4) is 0 Å². The van der Waals surface area contributed by atoms with Crippen molar-refractivity contribution in [2.24, 2.45) is 0 Å². The molecule has 1 heterocycles. The highest BCUT2D eigenvalue weighted by Crippen LogP contribution is 2.32. The van der Waals surface area contributed by atoms with Crippen LogP contribution in [-0.4, -0.2) is 18.0 Å². The van der Waals surface area contributed by atoms with Crippen LogP contribution in [0.25, 0.3) is 0 Å². The molecule has 0 saturated heterocycles. The van der Waals surface area contributed by atoms with Crippen LogP contribution in [0.15, 0.2) is 24.3 Å². The molecule has 0 fully saturated rings. The molecule has 0 aliphatic heterocycles. The highest BCUT2D eigenvalue weighted by molar-refractivity contribution is 7.14. The van der Waals surface area contributed by atoms with Gasteiger partial charge < -0.3 is 10.1 Å². The first-order chi connectivity index (χ1) is 11.5. The van der Waals surface area contributed by atoms with Crippen LogP contribution in [0.5, 0.6) is 0 Å². The van der Waals surface area contributed by atoms with E-state index in [-0.39, 0.29) is 0 Å². The number of fused-ring (bicyclic) bond motifs is 1. The third kappa shape index (κ3) is 3.58. The number of hydrogen-bond acceptors (Lipinski definition) is 4. The number of benzene rings is 1. The van der Waals surface area contributed by atoms with Gasteiger partial charge in [0.05, 0.1) is 15.7 Å². The highest BCUT2D eigenvalue weighted by Gasteiger charge is 2.24. The lowest BCUT2D eigenvalue weighted by Crippen LogP contribution is -2.30. The van der Waals surface area contributed by atoms with E-state index in [2.05, 4.69) is 5.32 Å². The minimum atomic E-state index is -0.957. The van der Waals surface area contributed by atoms with Crippen molar-refractivity contribution in [2.75, 3.05) is 5.32 Å². The molecule has 0 unspecified atom stereocenters. The number of amides is 1. The Bertz CT molecular complexity index is 761. The first-order valence-electron chi connectivity index (χ1n) is 7.53. The quantitative estimate of drug-likeness (QED) is 0.776. The van der Waals surface area contributed by atoms with Gasteiger partial charge >= 0.3 is 5.97 Å². The zero-order valence-corrected chi connectivity index (χ0v) is 15.2. The van der Waals surface area contributed by atoms with Gasteiger partial charge in [-0.05, 0) is 49.9 Å². The number of carbonyl (C=O) groups excluding carboxylic acids is 2. The van der Waals surface area contributed by atoms with E-state index in [0.717, 1.165) is 19.3 Å². The Morgan fingerprint density at radius 3 is 2.62 bits per heavy atom. The van der Waals surface area contributed by atoms with Crippen molar-refractivity contribution in [3.05, 3.63) is 49.6 Å². The summed E-state index contributed by atoms with van der Waals surface area (Å²) in [6.45, 7) is 1.51. The lowest BCUT2D eigenvalue weighted by molar-refractivity contribution is -0.123. The maximum atomic E-state index is 12.2. The van der Waals surface area contributed by atoms with E-state index in [1.54, 1.807) is 18.2 Å². The van der Waals surface area contributed by atoms with Gasteiger partial charge in [-0.25, -0.2) is 4.79 Å². The maximum absolute atomic E-state index is 12.2. The highest BCUT2D eigenvalue weighted by atomic mass is 35.5. The molecule has 0 radical (unpaired) electrons. The number of carbonyl (C=O) groups is 2. The van der Waals surface area contributed by atoms with E-state index in [0.29, 0.717) is 20.6 Å². The lowest BCUT2D eigenvalue weighted by atomic mass is 10.2. The number of thiophene rings is 1. The van der Waals surface area contributed by atoms with Gasteiger partial charge in [-0.15, -0.1) is 11.3 Å². The zero-order chi connectivity index (χ0) is 17.3. The van der Waals surface area contributed by atoms with E-state index in [1.807, 2.05) is 6.07 Å². The third-order valence-corrected chi connectivity index (χ3v) is 5.66. The number of anilines is 1. The molecule has 0 saturated carbocycles. The topological polar surface area (TPSA) is 55.4 Å². The molecule has 0 spiro atoms. The minimum absolute atomic E-state index is 0.309. The van der Waals surface area contributed by atoms with Crippen LogP contribution in [-0.2, 0) is 22.4 Å². The number of hydrogen-bond donors (Lipinski definition) is 1. The SMILES string of the molecule is C[C@H](OC(=O)c1cc2c(s1)CCC2)C(=O)Nc1c(Cl)cccc1Cl. The van der Waals surface area contributed by atoms with E-state index in [1.165, 1.54) is 28.7 Å². The van der Waals surface area contributed by atoms with Crippen molar-refractivity contribution < 1.29 is 14.3 Å². The van der Waals surface area contributed by atoms with Crippen molar-refractivity contribution in [1.82, 2.24) is 0 Å². The van der Waals surface area contributed by atoms with Crippen molar-refractivity contribution >= 4 is 52.1 Å². The standard InChI is InChI=1S/C17H15Cl2NO3S/c1-9(16(21)20-15-11(18)5-3-6-12(15)19)23-17(22)14-8-10-4-2-7-13(10)24-14/h3,5-6,8-9H,2,4,7H2,1H3,(H,20,21)/t9-/m0/s1. The van der Waals surface area contributed by atoms with Crippen LogP contribution in [0.4, 0.5) is 5.69 Å². The van der Waals surface area contributed by atoms with Crippen molar-refractivity contribution in [3.63, 3.8) is 0 Å². The molecular formula is C17H15Cl2NO3S. The molecule has 1 atom stereocenters. The van der Waals surface area contributed by atoms with Gasteiger partial charge in [-0.3, -0.25) is 4.79 Å². The van der Waals surface area contributed by atoms with Gasteiger partial charge in [0.15, 0.2) is 6.10 Å². The number of aryl methyl sites for hydroxylation is 2. The molecular weight excluding hydrogens is 369 g/mol. The van der Waals surface area contributed by atoms with Gasteiger partial charge in [0.25, 0.3) is 5.91 Å². The molecule has 1 aliphatic rings. The van der Waals surface area contributed by atoms with E-state index >= 15 is 0 Å². The summed E-state index contributed by atoms with van der Waals surface area (Å²) in [6, 6.07) is 6.78. The molecule has 1 aromatic carbocycles. The minimum Gasteiger partial charge on any atom is -0.448 e. The molecule has 24 heavy (non-hydrogen) atoms. The maximum Gasteiger partial charge on any atom is 0.349 e. The monoisotopic (exact) mass is 383 g/mol. The molecule has 2 aromatic rings. The Morgan fingerprint density at radius 2 is 1.96 bits per heavy atom. The van der Waals surface area contributed by atoms with Crippen molar-refractivity contribution in [2.45, 2.75) is 32.3 Å². The number of para-hydroxylation sites is 1. The first kappa shape index (κ1) is 17.3. The molecule has 1 aliphatic carbocycles. The number of halogens is 2. The van der Waals surface area contributed by atoms with Gasteiger partial charge in [0.1, 0.15) is 4.88 Å². The number of rotatable bonds is 4. The molecule has 4 nitrogen and oxygen atoms in total. The van der Waals surface area contributed by atoms with Gasteiger partial charge in [0.2, 0.25) is 0 Å². The second-order valence-electron chi connectivity index (χ2n) is 5.55. The molecule has 126 valence electrons. The Kier molecular flexibility index (Phi) is 5.13. The van der Waals surface area contributed by atoms with Crippen LogP contribution in [0.2, 0.25) is 10.0 Å². The zero-order valence-electron chi connectivity index (χ0n) is 12.9. The second-order valence-corrected chi connectivity index (χ2v) is 7.50. The fourth-order valence-electron chi connectivity index (χ4n) is 2.54. The predicted molar refractivity (Wildman–Crippen MR) is 96.3 cm³/mol. The molecule has 3 rings (SSSR count).